The predicted octanol–water partition coefficient (Wildman–Crippen LogP) is 0.170. The summed E-state index contributed by atoms with van der Waals surface area (Å²) in [6, 6.07) is 1.56. The van der Waals surface area contributed by atoms with E-state index in [1.165, 1.54) is 0 Å². The minimum Gasteiger partial charge on any atom is -0.492 e. The summed E-state index contributed by atoms with van der Waals surface area (Å²) in [5.74, 6) is 0.590. The van der Waals surface area contributed by atoms with Crippen molar-refractivity contribution in [1.82, 2.24) is 14.6 Å². The molecule has 120 valence electrons. The molecule has 1 amide bonds. The van der Waals surface area contributed by atoms with Gasteiger partial charge in [0.1, 0.15) is 11.4 Å². The average molecular weight is 325 g/mol. The standard InChI is InChI=1S/C14H19N3O4S/c1-22(19,20)16-11-4-5-17(9-11)14(18)12-7-10-3-2-6-21-13(10)8-15-12/h7-8,11,16H,2-6,9H2,1H3. The van der Waals surface area contributed by atoms with Crippen LogP contribution in [0, 0.1) is 0 Å². The van der Waals surface area contributed by atoms with E-state index >= 15 is 0 Å². The molecule has 0 radical (unpaired) electrons. The van der Waals surface area contributed by atoms with Crippen LogP contribution in [0.3, 0.4) is 0 Å². The maximum absolute atomic E-state index is 12.5. The number of ether oxygens (including phenoxy) is 1. The van der Waals surface area contributed by atoms with Crippen molar-refractivity contribution in [2.24, 2.45) is 0 Å². The molecule has 0 spiro atoms. The molecule has 1 unspecified atom stereocenters. The Labute approximate surface area is 129 Å². The Morgan fingerprint density at radius 2 is 2.32 bits per heavy atom. The summed E-state index contributed by atoms with van der Waals surface area (Å²) in [5, 5.41) is 0. The fraction of sp³-hybridized carbons (Fsp3) is 0.571. The van der Waals surface area contributed by atoms with Gasteiger partial charge in [-0.05, 0) is 30.9 Å². The number of hydrogen-bond acceptors (Lipinski definition) is 5. The normalized spacial score (nSPS) is 21.3. The number of aryl methyl sites for hydroxylation is 1. The van der Waals surface area contributed by atoms with Crippen LogP contribution in [0.5, 0.6) is 5.75 Å². The summed E-state index contributed by atoms with van der Waals surface area (Å²) in [5.41, 5.74) is 1.40. The zero-order chi connectivity index (χ0) is 15.7. The molecule has 1 aromatic heterocycles. The molecule has 0 aliphatic carbocycles. The van der Waals surface area contributed by atoms with E-state index in [1.807, 2.05) is 0 Å². The fourth-order valence-corrected chi connectivity index (χ4v) is 3.68. The van der Waals surface area contributed by atoms with Gasteiger partial charge in [0.2, 0.25) is 10.0 Å². The van der Waals surface area contributed by atoms with Crippen LogP contribution in [0.2, 0.25) is 0 Å². The number of carbonyl (C=O) groups is 1. The maximum atomic E-state index is 12.5. The summed E-state index contributed by atoms with van der Waals surface area (Å²) in [6.45, 7) is 1.59. The van der Waals surface area contributed by atoms with Crippen molar-refractivity contribution < 1.29 is 17.9 Å². The van der Waals surface area contributed by atoms with E-state index < -0.39 is 10.0 Å². The lowest BCUT2D eigenvalue weighted by Crippen LogP contribution is -2.38. The Balaban J connectivity index is 1.70. The number of nitrogens with one attached hydrogen (secondary N) is 1. The van der Waals surface area contributed by atoms with Crippen molar-refractivity contribution >= 4 is 15.9 Å². The van der Waals surface area contributed by atoms with Crippen molar-refractivity contribution in [1.29, 1.82) is 0 Å². The summed E-state index contributed by atoms with van der Waals surface area (Å²) >= 11 is 0. The van der Waals surface area contributed by atoms with Gasteiger partial charge in [-0.2, -0.15) is 0 Å². The molecule has 3 heterocycles. The van der Waals surface area contributed by atoms with Crippen LogP contribution in [0.25, 0.3) is 0 Å². The molecule has 2 aliphatic heterocycles. The number of fused-ring (bicyclic) bond motifs is 1. The number of likely N-dealkylation sites (tertiary alicyclic amines) is 1. The van der Waals surface area contributed by atoms with Gasteiger partial charge in [0.25, 0.3) is 5.91 Å². The summed E-state index contributed by atoms with van der Waals surface area (Å²) in [6.07, 6.45) is 5.17. The van der Waals surface area contributed by atoms with Gasteiger partial charge in [-0.15, -0.1) is 0 Å². The molecule has 0 saturated carbocycles. The lowest BCUT2D eigenvalue weighted by atomic mass is 10.1. The Morgan fingerprint density at radius 3 is 3.09 bits per heavy atom. The number of sulfonamides is 1. The fourth-order valence-electron chi connectivity index (χ4n) is 2.88. The molecule has 7 nitrogen and oxygen atoms in total. The minimum atomic E-state index is -3.25. The molecule has 1 N–H and O–H groups in total. The van der Waals surface area contributed by atoms with E-state index in [1.54, 1.807) is 17.2 Å². The van der Waals surface area contributed by atoms with Crippen molar-refractivity contribution in [2.75, 3.05) is 26.0 Å². The molecular weight excluding hydrogens is 306 g/mol. The molecule has 1 saturated heterocycles. The second kappa shape index (κ2) is 5.85. The molecule has 8 heteroatoms. The molecule has 0 bridgehead atoms. The maximum Gasteiger partial charge on any atom is 0.272 e. The van der Waals surface area contributed by atoms with Gasteiger partial charge in [-0.1, -0.05) is 0 Å². The Bertz CT molecular complexity index is 689. The molecule has 3 rings (SSSR count). The Morgan fingerprint density at radius 1 is 1.50 bits per heavy atom. The van der Waals surface area contributed by atoms with Crippen molar-refractivity contribution in [2.45, 2.75) is 25.3 Å². The largest absolute Gasteiger partial charge is 0.492 e. The zero-order valence-corrected chi connectivity index (χ0v) is 13.2. The second-order valence-electron chi connectivity index (χ2n) is 5.76. The Kier molecular flexibility index (Phi) is 4.05. The van der Waals surface area contributed by atoms with Crippen LogP contribution >= 0.6 is 0 Å². The smallest absolute Gasteiger partial charge is 0.272 e. The second-order valence-corrected chi connectivity index (χ2v) is 7.54. The van der Waals surface area contributed by atoms with Crippen LogP contribution in [0.4, 0.5) is 0 Å². The lowest BCUT2D eigenvalue weighted by Gasteiger charge is -2.19. The first kappa shape index (κ1) is 15.2. The van der Waals surface area contributed by atoms with Crippen LogP contribution in [0.1, 0.15) is 28.9 Å². The van der Waals surface area contributed by atoms with Crippen molar-refractivity contribution in [3.8, 4) is 5.75 Å². The topological polar surface area (TPSA) is 88.6 Å². The highest BCUT2D eigenvalue weighted by atomic mass is 32.2. The predicted molar refractivity (Wildman–Crippen MR) is 80.3 cm³/mol. The molecule has 1 atom stereocenters. The molecule has 2 aliphatic rings. The molecular formula is C14H19N3O4S. The number of rotatable bonds is 3. The first-order chi connectivity index (χ1) is 10.4. The van der Waals surface area contributed by atoms with E-state index in [0.717, 1.165) is 30.4 Å². The summed E-state index contributed by atoms with van der Waals surface area (Å²) in [7, 11) is -3.25. The van der Waals surface area contributed by atoms with Crippen LogP contribution < -0.4 is 9.46 Å². The number of pyridine rings is 1. The highest BCUT2D eigenvalue weighted by Crippen LogP contribution is 2.25. The van der Waals surface area contributed by atoms with Crippen molar-refractivity contribution in [3.63, 3.8) is 0 Å². The lowest BCUT2D eigenvalue weighted by molar-refractivity contribution is 0.0784. The summed E-state index contributed by atoms with van der Waals surface area (Å²) in [4.78, 5) is 18.3. The van der Waals surface area contributed by atoms with E-state index in [2.05, 4.69) is 9.71 Å². The highest BCUT2D eigenvalue weighted by molar-refractivity contribution is 7.88. The number of aromatic nitrogens is 1. The Hall–Kier alpha value is -1.67. The van der Waals surface area contributed by atoms with Crippen molar-refractivity contribution in [3.05, 3.63) is 23.5 Å². The third-order valence-electron chi connectivity index (χ3n) is 3.87. The molecule has 0 aromatic carbocycles. The number of amides is 1. The number of carbonyl (C=O) groups excluding carboxylic acids is 1. The third-order valence-corrected chi connectivity index (χ3v) is 4.63. The average Bonchev–Trinajstić information content (AvgIpc) is 2.92. The van der Waals surface area contributed by atoms with Gasteiger partial charge >= 0.3 is 0 Å². The molecule has 22 heavy (non-hydrogen) atoms. The van der Waals surface area contributed by atoms with Gasteiger partial charge in [-0.3, -0.25) is 4.79 Å². The van der Waals surface area contributed by atoms with E-state index in [9.17, 15) is 13.2 Å². The quantitative estimate of drug-likeness (QED) is 0.856. The van der Waals surface area contributed by atoms with Crippen LogP contribution in [-0.2, 0) is 16.4 Å². The first-order valence-electron chi connectivity index (χ1n) is 7.31. The SMILES string of the molecule is CS(=O)(=O)NC1CCN(C(=O)c2cc3c(cn2)OCCC3)C1. The zero-order valence-electron chi connectivity index (χ0n) is 12.4. The minimum absolute atomic E-state index is 0.161. The van der Waals surface area contributed by atoms with Gasteiger partial charge in [0.15, 0.2) is 0 Å². The number of hydrogen-bond donors (Lipinski definition) is 1. The first-order valence-corrected chi connectivity index (χ1v) is 9.20. The van der Waals surface area contributed by atoms with Crippen LogP contribution in [-0.4, -0.2) is 56.2 Å². The summed E-state index contributed by atoms with van der Waals surface area (Å²) < 4.78 is 30.5. The highest BCUT2D eigenvalue weighted by Gasteiger charge is 2.29. The van der Waals surface area contributed by atoms with Crippen LogP contribution in [0.15, 0.2) is 12.3 Å². The third kappa shape index (κ3) is 3.38. The molecule has 1 aromatic rings. The van der Waals surface area contributed by atoms with Gasteiger partial charge in [0.05, 0.1) is 19.1 Å². The van der Waals surface area contributed by atoms with Gasteiger partial charge < -0.3 is 9.64 Å². The van der Waals surface area contributed by atoms with Gasteiger partial charge in [0, 0.05) is 19.1 Å². The van der Waals surface area contributed by atoms with E-state index in [4.69, 9.17) is 4.74 Å². The molecule has 1 fully saturated rings. The monoisotopic (exact) mass is 325 g/mol. The number of nitrogens with zero attached hydrogens (tertiary/aromatic N) is 2. The van der Waals surface area contributed by atoms with E-state index in [0.29, 0.717) is 31.8 Å². The van der Waals surface area contributed by atoms with Gasteiger partial charge in [-0.25, -0.2) is 18.1 Å². The van der Waals surface area contributed by atoms with E-state index in [-0.39, 0.29) is 11.9 Å².